The fraction of sp³-hybridized carbons (Fsp3) is 0.905. The number of rotatable bonds is 2. The van der Waals surface area contributed by atoms with Crippen molar-refractivity contribution in [1.82, 2.24) is 0 Å². The highest BCUT2D eigenvalue weighted by atomic mass is 35.5. The highest BCUT2D eigenvalue weighted by Crippen LogP contribution is 2.73. The molecule has 0 aromatic rings. The molecule has 156 valence electrons. The zero-order valence-corrected chi connectivity index (χ0v) is 17.1. The number of epoxide rings is 1. The number of hydrogen-bond donors (Lipinski definition) is 3. The number of halogens is 1. The van der Waals surface area contributed by atoms with E-state index in [0.717, 1.165) is 12.8 Å². The van der Waals surface area contributed by atoms with Crippen LogP contribution in [0.4, 0.5) is 0 Å². The lowest BCUT2D eigenvalue weighted by atomic mass is 9.43. The first-order valence-corrected chi connectivity index (χ1v) is 11.0. The Balaban J connectivity index is 1.56. The van der Waals surface area contributed by atoms with Gasteiger partial charge in [0.25, 0.3) is 0 Å². The summed E-state index contributed by atoms with van der Waals surface area (Å²) in [4.78, 5) is 24.8. The molecule has 0 aromatic carbocycles. The summed E-state index contributed by atoms with van der Waals surface area (Å²) < 4.78 is 6.01. The number of hydrogen-bond acceptors (Lipinski definition) is 6. The van der Waals surface area contributed by atoms with Gasteiger partial charge in [0.1, 0.15) is 11.7 Å². The van der Waals surface area contributed by atoms with Crippen LogP contribution in [0.15, 0.2) is 0 Å². The van der Waals surface area contributed by atoms with Gasteiger partial charge >= 0.3 is 0 Å². The fourth-order valence-corrected chi connectivity index (χ4v) is 8.44. The number of ether oxygens (including phenoxy) is 1. The van der Waals surface area contributed by atoms with Crippen molar-refractivity contribution in [2.75, 3.05) is 5.88 Å². The number of ketones is 2. The highest BCUT2D eigenvalue weighted by molar-refractivity contribution is 6.29. The molecule has 1 spiro atoms. The molecule has 1 aliphatic heterocycles. The lowest BCUT2D eigenvalue weighted by molar-refractivity contribution is -0.203. The molecule has 1 heterocycles. The second kappa shape index (κ2) is 5.58. The van der Waals surface area contributed by atoms with Gasteiger partial charge < -0.3 is 20.1 Å². The van der Waals surface area contributed by atoms with Crippen LogP contribution in [0, 0.1) is 28.6 Å². The SMILES string of the molecule is C[C@]12CC(O)[C@H]3[C@@H](CCC45OC4C(=O)CC[C@]35C)[C@@H]1CC(O)[C@]2(O)C(=O)CCl. The van der Waals surface area contributed by atoms with Gasteiger partial charge in [0.2, 0.25) is 0 Å². The van der Waals surface area contributed by atoms with Gasteiger partial charge in [-0.25, -0.2) is 0 Å². The quantitative estimate of drug-likeness (QED) is 0.465. The van der Waals surface area contributed by atoms with Crippen molar-refractivity contribution in [3.63, 3.8) is 0 Å². The molecule has 1 saturated heterocycles. The van der Waals surface area contributed by atoms with E-state index in [2.05, 4.69) is 6.92 Å². The van der Waals surface area contributed by atoms with Gasteiger partial charge in [-0.15, -0.1) is 11.6 Å². The molecule has 10 atom stereocenters. The highest BCUT2D eigenvalue weighted by Gasteiger charge is 2.79. The van der Waals surface area contributed by atoms with Gasteiger partial charge in [-0.2, -0.15) is 0 Å². The molecule has 0 amide bonds. The average Bonchev–Trinajstić information content (AvgIpc) is 3.36. The predicted octanol–water partition coefficient (Wildman–Crippen LogP) is 1.21. The fourth-order valence-electron chi connectivity index (χ4n) is 8.24. The maximum Gasteiger partial charge on any atom is 0.182 e. The van der Waals surface area contributed by atoms with Gasteiger partial charge in [0, 0.05) is 17.3 Å². The second-order valence-corrected chi connectivity index (χ2v) is 10.6. The summed E-state index contributed by atoms with van der Waals surface area (Å²) in [5.74, 6) is -0.850. The van der Waals surface area contributed by atoms with Crippen molar-refractivity contribution in [3.05, 3.63) is 0 Å². The van der Waals surface area contributed by atoms with Crippen LogP contribution in [-0.4, -0.2) is 62.3 Å². The molecule has 0 bridgehead atoms. The minimum absolute atomic E-state index is 0.0641. The summed E-state index contributed by atoms with van der Waals surface area (Å²) in [7, 11) is 0. The Morgan fingerprint density at radius 2 is 1.96 bits per heavy atom. The van der Waals surface area contributed by atoms with Gasteiger partial charge in [-0.3, -0.25) is 9.59 Å². The Morgan fingerprint density at radius 3 is 2.64 bits per heavy atom. The van der Waals surface area contributed by atoms with E-state index in [1.807, 2.05) is 6.92 Å². The van der Waals surface area contributed by atoms with E-state index in [-0.39, 0.29) is 47.4 Å². The first-order chi connectivity index (χ1) is 13.1. The van der Waals surface area contributed by atoms with Crippen LogP contribution in [0.5, 0.6) is 0 Å². The van der Waals surface area contributed by atoms with Gasteiger partial charge in [-0.1, -0.05) is 13.8 Å². The first kappa shape index (κ1) is 19.4. The van der Waals surface area contributed by atoms with Crippen molar-refractivity contribution < 1.29 is 29.6 Å². The van der Waals surface area contributed by atoms with Crippen molar-refractivity contribution >= 4 is 23.2 Å². The number of fused-ring (bicyclic) bond motifs is 4. The van der Waals surface area contributed by atoms with Gasteiger partial charge in [0.05, 0.1) is 18.1 Å². The summed E-state index contributed by atoms with van der Waals surface area (Å²) in [5, 5.41) is 33.4. The predicted molar refractivity (Wildman–Crippen MR) is 99.7 cm³/mol. The van der Waals surface area contributed by atoms with Crippen LogP contribution in [0.3, 0.4) is 0 Å². The molecule has 0 radical (unpaired) electrons. The van der Waals surface area contributed by atoms with E-state index in [1.165, 1.54) is 0 Å². The lowest BCUT2D eigenvalue weighted by Crippen LogP contribution is -2.66. The van der Waals surface area contributed by atoms with E-state index >= 15 is 0 Å². The summed E-state index contributed by atoms with van der Waals surface area (Å²) in [5.41, 5.74) is -3.62. The molecule has 5 fully saturated rings. The third kappa shape index (κ3) is 1.91. The van der Waals surface area contributed by atoms with Crippen molar-refractivity contribution in [3.8, 4) is 0 Å². The van der Waals surface area contributed by atoms with E-state index in [1.54, 1.807) is 0 Å². The lowest BCUT2D eigenvalue weighted by Gasteiger charge is -2.61. The molecular weight excluding hydrogens is 384 g/mol. The maximum absolute atomic E-state index is 12.6. The number of carbonyl (C=O) groups is 2. The summed E-state index contributed by atoms with van der Waals surface area (Å²) in [6, 6.07) is 0. The van der Waals surface area contributed by atoms with Crippen LogP contribution in [-0.2, 0) is 14.3 Å². The topological polar surface area (TPSA) is 107 Å². The van der Waals surface area contributed by atoms with E-state index in [4.69, 9.17) is 16.3 Å². The normalized spacial score (nSPS) is 59.7. The molecule has 6 nitrogen and oxygen atoms in total. The van der Waals surface area contributed by atoms with Crippen molar-refractivity contribution in [2.24, 2.45) is 28.6 Å². The Hall–Kier alpha value is -0.530. The molecular formula is C21H29ClO6. The van der Waals surface area contributed by atoms with Crippen LogP contribution in [0.2, 0.25) is 0 Å². The van der Waals surface area contributed by atoms with Crippen LogP contribution in [0.25, 0.3) is 0 Å². The third-order valence-corrected chi connectivity index (χ3v) is 9.89. The molecule has 7 heteroatoms. The molecule has 4 unspecified atom stereocenters. The number of aliphatic hydroxyl groups excluding tert-OH is 2. The average molecular weight is 413 g/mol. The largest absolute Gasteiger partial charge is 0.393 e. The summed E-state index contributed by atoms with van der Waals surface area (Å²) in [6.45, 7) is 3.97. The number of alkyl halides is 1. The smallest absolute Gasteiger partial charge is 0.182 e. The zero-order valence-electron chi connectivity index (χ0n) is 16.4. The minimum atomic E-state index is -1.93. The van der Waals surface area contributed by atoms with Crippen LogP contribution < -0.4 is 0 Å². The molecule has 5 rings (SSSR count). The monoisotopic (exact) mass is 412 g/mol. The Bertz CT molecular complexity index is 757. The molecule has 28 heavy (non-hydrogen) atoms. The number of Topliss-reactive ketones (excluding diaryl/α,β-unsaturated/α-hetero) is 2. The van der Waals surface area contributed by atoms with Crippen LogP contribution in [0.1, 0.15) is 52.4 Å². The molecule has 0 aromatic heterocycles. The second-order valence-electron chi connectivity index (χ2n) is 10.4. The van der Waals surface area contributed by atoms with E-state index < -0.39 is 34.6 Å². The number of aliphatic hydroxyl groups is 3. The minimum Gasteiger partial charge on any atom is -0.393 e. The Morgan fingerprint density at radius 1 is 1.25 bits per heavy atom. The van der Waals surface area contributed by atoms with Crippen LogP contribution >= 0.6 is 11.6 Å². The van der Waals surface area contributed by atoms with Gasteiger partial charge in [0.15, 0.2) is 17.2 Å². The Labute approximate surface area is 169 Å². The van der Waals surface area contributed by atoms with Crippen molar-refractivity contribution in [1.29, 1.82) is 0 Å². The summed E-state index contributed by atoms with van der Waals surface area (Å²) >= 11 is 5.77. The Kier molecular flexibility index (Phi) is 3.87. The summed E-state index contributed by atoms with van der Waals surface area (Å²) in [6.07, 6.45) is 0.992. The zero-order chi connectivity index (χ0) is 20.3. The van der Waals surface area contributed by atoms with Gasteiger partial charge in [-0.05, 0) is 49.9 Å². The van der Waals surface area contributed by atoms with E-state index in [0.29, 0.717) is 19.3 Å². The molecule has 4 aliphatic carbocycles. The maximum atomic E-state index is 12.6. The van der Waals surface area contributed by atoms with Crippen molar-refractivity contribution in [2.45, 2.75) is 81.9 Å². The third-order valence-electron chi connectivity index (χ3n) is 9.65. The number of carbonyl (C=O) groups excluding carboxylic acids is 2. The van der Waals surface area contributed by atoms with E-state index in [9.17, 15) is 24.9 Å². The molecule has 5 aliphatic rings. The molecule has 4 saturated carbocycles. The first-order valence-electron chi connectivity index (χ1n) is 10.4. The standard InChI is InChI=1S/C21H29ClO6/c1-18-5-4-12(23)17-20(18,28-17)6-3-10-11-7-14(25)21(27,15(26)9-22)19(11,2)8-13(24)16(10)18/h10-11,13-14,16-17,24-25,27H,3-9H2,1-2H3/t10-,11-,13?,14?,16+,17?,18+,19-,20?,21-/m0/s1. The molecule has 3 N–H and O–H groups in total.